The van der Waals surface area contributed by atoms with Crippen LogP contribution in [-0.2, 0) is 0 Å². The fourth-order valence-electron chi connectivity index (χ4n) is 1.80. The topological polar surface area (TPSA) is 40.5 Å². The van der Waals surface area contributed by atoms with Gasteiger partial charge in [-0.2, -0.15) is 0 Å². The van der Waals surface area contributed by atoms with Crippen LogP contribution in [0.4, 0.5) is 9.18 Å². The van der Waals surface area contributed by atoms with Crippen molar-refractivity contribution in [2.75, 3.05) is 13.1 Å². The number of amides is 1. The molecular weight excluding hydrogens is 221 g/mol. The minimum atomic E-state index is -0.892. The largest absolute Gasteiger partial charge is 0.465 e. The van der Waals surface area contributed by atoms with Crippen LogP contribution in [0.3, 0.4) is 0 Å². The summed E-state index contributed by atoms with van der Waals surface area (Å²) in [5, 5.41) is 8.65. The van der Waals surface area contributed by atoms with Gasteiger partial charge < -0.3 is 10.0 Å². The molecule has 2 rings (SSSR count). The van der Waals surface area contributed by atoms with E-state index >= 15 is 0 Å². The fraction of sp³-hybridized carbons (Fsp3) is 0.308. The molecule has 3 nitrogen and oxygen atoms in total. The lowest BCUT2D eigenvalue weighted by atomic mass is 9.99. The van der Waals surface area contributed by atoms with Gasteiger partial charge >= 0.3 is 6.09 Å². The van der Waals surface area contributed by atoms with E-state index in [-0.39, 0.29) is 11.7 Å². The van der Waals surface area contributed by atoms with Crippen LogP contribution in [0.1, 0.15) is 11.1 Å². The summed E-state index contributed by atoms with van der Waals surface area (Å²) < 4.78 is 13.5. The van der Waals surface area contributed by atoms with Gasteiger partial charge in [-0.3, -0.25) is 0 Å². The van der Waals surface area contributed by atoms with E-state index in [2.05, 4.69) is 0 Å². The molecular formula is C13H14FNO2. The van der Waals surface area contributed by atoms with Crippen LogP contribution in [0.25, 0.3) is 6.08 Å². The standard InChI is InChI=1S/C13H14FNO2/c1-9-2-4-11(12(14)6-9)5-3-10-7-15(8-10)13(16)17/h2-6,10H,7-8H2,1H3,(H,16,17)/b5-3+. The van der Waals surface area contributed by atoms with Gasteiger partial charge in [0.2, 0.25) is 0 Å². The lowest BCUT2D eigenvalue weighted by Gasteiger charge is -2.35. The van der Waals surface area contributed by atoms with E-state index in [0.717, 1.165) is 5.56 Å². The number of likely N-dealkylation sites (tertiary alicyclic amines) is 1. The first-order valence-electron chi connectivity index (χ1n) is 5.48. The number of rotatable bonds is 2. The molecule has 1 aliphatic rings. The predicted octanol–water partition coefficient (Wildman–Crippen LogP) is 2.76. The van der Waals surface area contributed by atoms with Gasteiger partial charge in [0, 0.05) is 24.6 Å². The monoisotopic (exact) mass is 235 g/mol. The van der Waals surface area contributed by atoms with Crippen LogP contribution < -0.4 is 0 Å². The van der Waals surface area contributed by atoms with Gasteiger partial charge in [-0.05, 0) is 18.6 Å². The summed E-state index contributed by atoms with van der Waals surface area (Å²) in [6.45, 7) is 2.84. The first-order valence-corrected chi connectivity index (χ1v) is 5.48. The fourth-order valence-corrected chi connectivity index (χ4v) is 1.80. The Bertz CT molecular complexity index is 464. The Morgan fingerprint density at radius 1 is 1.53 bits per heavy atom. The van der Waals surface area contributed by atoms with Crippen molar-refractivity contribution in [3.8, 4) is 0 Å². The van der Waals surface area contributed by atoms with E-state index in [9.17, 15) is 9.18 Å². The zero-order valence-electron chi connectivity index (χ0n) is 9.56. The molecule has 0 radical (unpaired) electrons. The summed E-state index contributed by atoms with van der Waals surface area (Å²) in [6, 6.07) is 5.08. The summed E-state index contributed by atoms with van der Waals surface area (Å²) in [5.74, 6) is -0.0394. The lowest BCUT2D eigenvalue weighted by molar-refractivity contribution is 0.0975. The van der Waals surface area contributed by atoms with Gasteiger partial charge in [-0.25, -0.2) is 9.18 Å². The van der Waals surface area contributed by atoms with Crippen molar-refractivity contribution in [3.63, 3.8) is 0 Å². The summed E-state index contributed by atoms with van der Waals surface area (Å²) >= 11 is 0. The summed E-state index contributed by atoms with van der Waals surface area (Å²) in [5.41, 5.74) is 1.43. The van der Waals surface area contributed by atoms with Crippen molar-refractivity contribution >= 4 is 12.2 Å². The molecule has 1 fully saturated rings. The minimum Gasteiger partial charge on any atom is -0.465 e. The first kappa shape index (κ1) is 11.6. The Labute approximate surface area is 99.2 Å². The molecule has 1 saturated heterocycles. The molecule has 0 unspecified atom stereocenters. The number of halogens is 1. The lowest BCUT2D eigenvalue weighted by Crippen LogP contribution is -2.48. The van der Waals surface area contributed by atoms with Crippen LogP contribution in [-0.4, -0.2) is 29.2 Å². The molecule has 90 valence electrons. The molecule has 1 amide bonds. The zero-order valence-corrected chi connectivity index (χ0v) is 9.56. The highest BCUT2D eigenvalue weighted by molar-refractivity contribution is 5.66. The molecule has 17 heavy (non-hydrogen) atoms. The maximum absolute atomic E-state index is 13.5. The average Bonchev–Trinajstić information content (AvgIpc) is 2.17. The average molecular weight is 235 g/mol. The molecule has 0 aromatic heterocycles. The molecule has 4 heteroatoms. The number of carboxylic acid groups (broad SMARTS) is 1. The Hall–Kier alpha value is -1.84. The van der Waals surface area contributed by atoms with Gasteiger partial charge in [0.1, 0.15) is 5.82 Å². The highest BCUT2D eigenvalue weighted by atomic mass is 19.1. The van der Waals surface area contributed by atoms with Crippen molar-refractivity contribution in [1.29, 1.82) is 0 Å². The van der Waals surface area contributed by atoms with E-state index < -0.39 is 6.09 Å². The Balaban J connectivity index is 1.96. The third-order valence-corrected chi connectivity index (χ3v) is 2.88. The molecule has 1 aromatic carbocycles. The van der Waals surface area contributed by atoms with Crippen molar-refractivity contribution in [2.24, 2.45) is 5.92 Å². The van der Waals surface area contributed by atoms with Crippen LogP contribution in [0.15, 0.2) is 24.3 Å². The van der Waals surface area contributed by atoms with Crippen LogP contribution in [0.2, 0.25) is 0 Å². The van der Waals surface area contributed by atoms with Crippen molar-refractivity contribution in [1.82, 2.24) is 4.90 Å². The van der Waals surface area contributed by atoms with Gasteiger partial charge in [0.05, 0.1) is 0 Å². The van der Waals surface area contributed by atoms with E-state index in [0.29, 0.717) is 18.7 Å². The number of hydrogen-bond donors (Lipinski definition) is 1. The first-order chi connectivity index (χ1) is 8.06. The van der Waals surface area contributed by atoms with Crippen LogP contribution >= 0.6 is 0 Å². The number of carbonyl (C=O) groups is 1. The minimum absolute atomic E-state index is 0.201. The van der Waals surface area contributed by atoms with E-state index in [1.807, 2.05) is 19.1 Å². The quantitative estimate of drug-likeness (QED) is 0.856. The normalized spacial score (nSPS) is 16.2. The maximum atomic E-state index is 13.5. The van der Waals surface area contributed by atoms with E-state index in [1.54, 1.807) is 12.1 Å². The van der Waals surface area contributed by atoms with Gasteiger partial charge in [0.15, 0.2) is 0 Å². The number of nitrogens with zero attached hydrogens (tertiary/aromatic N) is 1. The van der Waals surface area contributed by atoms with E-state index in [1.165, 1.54) is 11.0 Å². The third-order valence-electron chi connectivity index (χ3n) is 2.88. The molecule has 1 aliphatic heterocycles. The SMILES string of the molecule is Cc1ccc(/C=C/C2CN(C(=O)O)C2)c(F)c1. The van der Waals surface area contributed by atoms with Crippen molar-refractivity contribution < 1.29 is 14.3 Å². The molecule has 0 saturated carbocycles. The van der Waals surface area contributed by atoms with Gasteiger partial charge in [-0.15, -0.1) is 0 Å². The molecule has 0 aliphatic carbocycles. The Morgan fingerprint density at radius 3 is 2.82 bits per heavy atom. The van der Waals surface area contributed by atoms with Crippen molar-refractivity contribution in [2.45, 2.75) is 6.92 Å². The number of aryl methyl sites for hydroxylation is 1. The molecule has 0 bridgehead atoms. The van der Waals surface area contributed by atoms with Gasteiger partial charge in [-0.1, -0.05) is 24.3 Å². The van der Waals surface area contributed by atoms with Gasteiger partial charge in [0.25, 0.3) is 0 Å². The third kappa shape index (κ3) is 2.64. The van der Waals surface area contributed by atoms with E-state index in [4.69, 9.17) is 5.11 Å². The highest BCUT2D eigenvalue weighted by Crippen LogP contribution is 2.19. The van der Waals surface area contributed by atoms with Crippen LogP contribution in [0, 0.1) is 18.7 Å². The van der Waals surface area contributed by atoms with Crippen molar-refractivity contribution in [3.05, 3.63) is 41.2 Å². The predicted molar refractivity (Wildman–Crippen MR) is 63.3 cm³/mol. The second-order valence-corrected chi connectivity index (χ2v) is 4.33. The summed E-state index contributed by atoms with van der Waals surface area (Å²) in [6.07, 6.45) is 2.70. The zero-order chi connectivity index (χ0) is 12.4. The molecule has 1 heterocycles. The Kier molecular flexibility index (Phi) is 3.13. The number of hydrogen-bond acceptors (Lipinski definition) is 1. The number of benzene rings is 1. The Morgan fingerprint density at radius 2 is 2.24 bits per heavy atom. The summed E-state index contributed by atoms with van der Waals surface area (Å²) in [7, 11) is 0. The highest BCUT2D eigenvalue weighted by Gasteiger charge is 2.28. The second kappa shape index (κ2) is 4.57. The maximum Gasteiger partial charge on any atom is 0.407 e. The second-order valence-electron chi connectivity index (χ2n) is 4.33. The van der Waals surface area contributed by atoms with Crippen LogP contribution in [0.5, 0.6) is 0 Å². The molecule has 0 atom stereocenters. The summed E-state index contributed by atoms with van der Waals surface area (Å²) in [4.78, 5) is 11.9. The smallest absolute Gasteiger partial charge is 0.407 e. The molecule has 1 aromatic rings. The molecule has 0 spiro atoms. The molecule has 1 N–H and O–H groups in total.